The zero-order chi connectivity index (χ0) is 25.8. The highest BCUT2D eigenvalue weighted by Crippen LogP contribution is 2.30. The Morgan fingerprint density at radius 3 is 2.47 bits per heavy atom. The molecule has 1 amide bonds. The van der Waals surface area contributed by atoms with Crippen molar-refractivity contribution in [2.75, 3.05) is 45.4 Å². The summed E-state index contributed by atoms with van der Waals surface area (Å²) in [6.45, 7) is 1.69. The van der Waals surface area contributed by atoms with Gasteiger partial charge in [0.25, 0.3) is 11.6 Å². The Morgan fingerprint density at radius 1 is 1.08 bits per heavy atom. The van der Waals surface area contributed by atoms with Gasteiger partial charge >= 0.3 is 11.9 Å². The standard InChI is InChI=1S/C23H22N4O8S/c1-33-20(28)13-26-17-6-4-15(22(30)34-2)12-19(17)36-23(26)24-21(29)14-3-5-16(18(11-14)27(31)32)25-7-9-35-10-8-25/h3-6,11-12H,7-10,13H2,1-2H3. The maximum Gasteiger partial charge on any atom is 0.337 e. The van der Waals surface area contributed by atoms with E-state index in [0.717, 1.165) is 11.3 Å². The molecule has 0 N–H and O–H groups in total. The predicted octanol–water partition coefficient (Wildman–Crippen LogP) is 2.15. The van der Waals surface area contributed by atoms with Crippen LogP contribution in [0.3, 0.4) is 0 Å². The highest BCUT2D eigenvalue weighted by molar-refractivity contribution is 7.16. The van der Waals surface area contributed by atoms with Crippen LogP contribution in [0.5, 0.6) is 0 Å². The van der Waals surface area contributed by atoms with Crippen molar-refractivity contribution < 1.29 is 33.5 Å². The first kappa shape index (κ1) is 25.0. The number of methoxy groups -OCH3 is 2. The molecule has 1 aromatic heterocycles. The minimum atomic E-state index is -0.718. The fourth-order valence-electron chi connectivity index (χ4n) is 3.78. The number of nitrogens with zero attached hydrogens (tertiary/aromatic N) is 4. The molecule has 188 valence electrons. The summed E-state index contributed by atoms with van der Waals surface area (Å²) >= 11 is 1.08. The van der Waals surface area contributed by atoms with Gasteiger partial charge in [-0.1, -0.05) is 11.3 Å². The van der Waals surface area contributed by atoms with Crippen LogP contribution in [0.25, 0.3) is 10.2 Å². The normalized spacial score (nSPS) is 14.1. The number of rotatable bonds is 6. The molecule has 3 aromatic rings. The van der Waals surface area contributed by atoms with Crippen LogP contribution in [0.4, 0.5) is 11.4 Å². The third-order valence-corrected chi connectivity index (χ3v) is 6.63. The van der Waals surface area contributed by atoms with Crippen molar-refractivity contribution in [2.45, 2.75) is 6.54 Å². The minimum Gasteiger partial charge on any atom is -0.468 e. The van der Waals surface area contributed by atoms with Gasteiger partial charge in [0, 0.05) is 24.7 Å². The molecule has 36 heavy (non-hydrogen) atoms. The lowest BCUT2D eigenvalue weighted by Crippen LogP contribution is -2.36. The van der Waals surface area contributed by atoms with Crippen LogP contribution in [0.2, 0.25) is 0 Å². The zero-order valence-electron chi connectivity index (χ0n) is 19.5. The molecule has 0 aliphatic carbocycles. The molecule has 0 radical (unpaired) electrons. The maximum absolute atomic E-state index is 13.1. The number of benzene rings is 2. The lowest BCUT2D eigenvalue weighted by molar-refractivity contribution is -0.384. The van der Waals surface area contributed by atoms with E-state index in [2.05, 4.69) is 4.99 Å². The quantitative estimate of drug-likeness (QED) is 0.275. The second-order valence-corrected chi connectivity index (χ2v) is 8.71. The molecule has 1 aliphatic heterocycles. The average Bonchev–Trinajstić information content (AvgIpc) is 3.23. The van der Waals surface area contributed by atoms with Gasteiger partial charge in [0.05, 0.1) is 48.1 Å². The van der Waals surface area contributed by atoms with Crippen molar-refractivity contribution >= 4 is 50.8 Å². The molecule has 0 spiro atoms. The lowest BCUT2D eigenvalue weighted by Gasteiger charge is -2.28. The summed E-state index contributed by atoms with van der Waals surface area (Å²) < 4.78 is 16.9. The number of nitro benzene ring substituents is 1. The van der Waals surface area contributed by atoms with E-state index >= 15 is 0 Å². The minimum absolute atomic E-state index is 0.0241. The van der Waals surface area contributed by atoms with Gasteiger partial charge in [0.15, 0.2) is 4.80 Å². The van der Waals surface area contributed by atoms with Crippen molar-refractivity contribution in [2.24, 2.45) is 4.99 Å². The number of nitro groups is 1. The molecule has 0 bridgehead atoms. The summed E-state index contributed by atoms with van der Waals surface area (Å²) in [5.41, 5.74) is 1.07. The zero-order valence-corrected chi connectivity index (χ0v) is 20.3. The number of amides is 1. The summed E-state index contributed by atoms with van der Waals surface area (Å²) in [5.74, 6) is -1.82. The highest BCUT2D eigenvalue weighted by atomic mass is 32.1. The SMILES string of the molecule is COC(=O)Cn1c(=NC(=O)c2ccc(N3CCOCC3)c([N+](=O)[O-])c2)sc2cc(C(=O)OC)ccc21. The van der Waals surface area contributed by atoms with Crippen molar-refractivity contribution in [3.8, 4) is 0 Å². The van der Waals surface area contributed by atoms with Gasteiger partial charge in [-0.05, 0) is 30.3 Å². The molecule has 2 heterocycles. The summed E-state index contributed by atoms with van der Waals surface area (Å²) in [6, 6.07) is 8.94. The van der Waals surface area contributed by atoms with Crippen molar-refractivity contribution in [3.63, 3.8) is 0 Å². The molecule has 1 saturated heterocycles. The number of fused-ring (bicyclic) bond motifs is 1. The molecule has 13 heteroatoms. The number of carbonyl (C=O) groups is 3. The van der Waals surface area contributed by atoms with Gasteiger partial charge < -0.3 is 23.7 Å². The van der Waals surface area contributed by atoms with Crippen LogP contribution in [-0.2, 0) is 25.5 Å². The van der Waals surface area contributed by atoms with E-state index in [-0.39, 0.29) is 22.6 Å². The van der Waals surface area contributed by atoms with E-state index in [0.29, 0.717) is 47.8 Å². The average molecular weight is 515 g/mol. The first-order valence-electron chi connectivity index (χ1n) is 10.8. The number of hydrogen-bond acceptors (Lipinski definition) is 10. The number of esters is 2. The van der Waals surface area contributed by atoms with Gasteiger partial charge in [-0.25, -0.2) is 4.79 Å². The topological polar surface area (TPSA) is 143 Å². The number of carbonyl (C=O) groups excluding carboxylic acids is 3. The van der Waals surface area contributed by atoms with Crippen LogP contribution in [0.15, 0.2) is 41.4 Å². The number of morpholine rings is 1. The van der Waals surface area contributed by atoms with Crippen molar-refractivity contribution in [1.29, 1.82) is 0 Å². The van der Waals surface area contributed by atoms with Gasteiger partial charge in [0.1, 0.15) is 12.2 Å². The second-order valence-electron chi connectivity index (χ2n) is 7.70. The Kier molecular flexibility index (Phi) is 7.41. The number of aromatic nitrogens is 1. The van der Waals surface area contributed by atoms with E-state index < -0.39 is 22.8 Å². The molecule has 12 nitrogen and oxygen atoms in total. The maximum atomic E-state index is 13.1. The molecule has 0 atom stereocenters. The number of ether oxygens (including phenoxy) is 3. The van der Waals surface area contributed by atoms with E-state index in [4.69, 9.17) is 14.2 Å². The molecule has 0 unspecified atom stereocenters. The van der Waals surface area contributed by atoms with E-state index in [1.807, 2.05) is 4.90 Å². The molecule has 1 fully saturated rings. The molecule has 4 rings (SSSR count). The van der Waals surface area contributed by atoms with Gasteiger partial charge in [-0.2, -0.15) is 4.99 Å². The molecular formula is C23H22N4O8S. The van der Waals surface area contributed by atoms with Crippen LogP contribution < -0.4 is 9.70 Å². The van der Waals surface area contributed by atoms with E-state index in [1.54, 1.807) is 12.1 Å². The van der Waals surface area contributed by atoms with Crippen LogP contribution in [0.1, 0.15) is 20.7 Å². The molecular weight excluding hydrogens is 492 g/mol. The summed E-state index contributed by atoms with van der Waals surface area (Å²) in [5, 5.41) is 11.7. The third kappa shape index (κ3) is 5.11. The van der Waals surface area contributed by atoms with Crippen molar-refractivity contribution in [3.05, 3.63) is 62.4 Å². The molecule has 1 aliphatic rings. The molecule has 2 aromatic carbocycles. The highest BCUT2D eigenvalue weighted by Gasteiger charge is 2.23. The van der Waals surface area contributed by atoms with Crippen molar-refractivity contribution in [1.82, 2.24) is 4.57 Å². The van der Waals surface area contributed by atoms with Gasteiger partial charge in [-0.15, -0.1) is 0 Å². The predicted molar refractivity (Wildman–Crippen MR) is 129 cm³/mol. The van der Waals surface area contributed by atoms with Crippen LogP contribution in [0, 0.1) is 10.1 Å². The van der Waals surface area contributed by atoms with Gasteiger partial charge in [0.2, 0.25) is 0 Å². The Bertz CT molecular complexity index is 1420. The largest absolute Gasteiger partial charge is 0.468 e. The third-order valence-electron chi connectivity index (χ3n) is 5.59. The second kappa shape index (κ2) is 10.7. The summed E-state index contributed by atoms with van der Waals surface area (Å²) in [7, 11) is 2.51. The number of hydrogen-bond donors (Lipinski definition) is 0. The first-order chi connectivity index (χ1) is 17.3. The van der Waals surface area contributed by atoms with E-state index in [9.17, 15) is 24.5 Å². The monoisotopic (exact) mass is 514 g/mol. The summed E-state index contributed by atoms with van der Waals surface area (Å²) in [4.78, 5) is 54.4. The fraction of sp³-hybridized carbons (Fsp3) is 0.304. The lowest BCUT2D eigenvalue weighted by atomic mass is 10.1. The number of anilines is 1. The van der Waals surface area contributed by atoms with Crippen LogP contribution >= 0.6 is 11.3 Å². The van der Waals surface area contributed by atoms with E-state index in [1.165, 1.54) is 43.1 Å². The first-order valence-corrected chi connectivity index (χ1v) is 11.6. The Morgan fingerprint density at radius 2 is 1.81 bits per heavy atom. The Balaban J connectivity index is 1.77. The smallest absolute Gasteiger partial charge is 0.337 e. The van der Waals surface area contributed by atoms with Crippen LogP contribution in [-0.4, -0.2) is 67.9 Å². The fourth-order valence-corrected chi connectivity index (χ4v) is 4.84. The Labute approximate surface area is 208 Å². The molecule has 0 saturated carbocycles. The summed E-state index contributed by atoms with van der Waals surface area (Å²) in [6.07, 6.45) is 0. The Hall–Kier alpha value is -4.10. The van der Waals surface area contributed by atoms with Gasteiger partial charge in [-0.3, -0.25) is 19.7 Å². The number of thiazole rings is 1.